The Labute approximate surface area is 294 Å². The molecule has 0 aliphatic carbocycles. The average Bonchev–Trinajstić information content (AvgIpc) is 3.60. The van der Waals surface area contributed by atoms with Crippen LogP contribution in [0.5, 0.6) is 0 Å². The largest absolute Gasteiger partial charge is 0.455 e. The molecule has 10 aromatic rings. The van der Waals surface area contributed by atoms with Gasteiger partial charge in [0.2, 0.25) is 0 Å². The van der Waals surface area contributed by atoms with Crippen LogP contribution in [0, 0.1) is 0 Å². The maximum absolute atomic E-state index is 6.60. The average molecular weight is 652 g/mol. The van der Waals surface area contributed by atoms with Gasteiger partial charge < -0.3 is 4.42 Å². The molecule has 0 radical (unpaired) electrons. The maximum atomic E-state index is 6.60. The van der Waals surface area contributed by atoms with Gasteiger partial charge in [-0.3, -0.25) is 0 Å². The van der Waals surface area contributed by atoms with Gasteiger partial charge in [-0.2, -0.15) is 0 Å². The van der Waals surface area contributed by atoms with Gasteiger partial charge in [0, 0.05) is 38.4 Å². The lowest BCUT2D eigenvalue weighted by atomic mass is 9.96. The van der Waals surface area contributed by atoms with Crippen molar-refractivity contribution in [3.63, 3.8) is 0 Å². The Morgan fingerprint density at radius 1 is 0.353 bits per heavy atom. The van der Waals surface area contributed by atoms with Crippen molar-refractivity contribution < 1.29 is 4.42 Å². The van der Waals surface area contributed by atoms with Crippen LogP contribution in [0.2, 0.25) is 0 Å². The van der Waals surface area contributed by atoms with Gasteiger partial charge in [-0.1, -0.05) is 146 Å². The molecular weight excluding hydrogens is 623 g/mol. The lowest BCUT2D eigenvalue weighted by molar-refractivity contribution is 0.672. The molecule has 3 aromatic heterocycles. The Morgan fingerprint density at radius 2 is 0.941 bits per heavy atom. The first-order valence-corrected chi connectivity index (χ1v) is 17.1. The maximum Gasteiger partial charge on any atom is 0.160 e. The number of aromatic nitrogens is 3. The van der Waals surface area contributed by atoms with Gasteiger partial charge in [-0.25, -0.2) is 15.0 Å². The van der Waals surface area contributed by atoms with E-state index in [-0.39, 0.29) is 0 Å². The molecule has 0 aliphatic rings. The molecule has 4 nitrogen and oxygen atoms in total. The van der Waals surface area contributed by atoms with Crippen LogP contribution in [0.15, 0.2) is 180 Å². The zero-order valence-electron chi connectivity index (χ0n) is 27.5. The molecular formula is C47H29N3O. The van der Waals surface area contributed by atoms with E-state index >= 15 is 0 Å². The van der Waals surface area contributed by atoms with Crippen molar-refractivity contribution in [2.75, 3.05) is 0 Å². The van der Waals surface area contributed by atoms with E-state index in [4.69, 9.17) is 19.4 Å². The minimum absolute atomic E-state index is 0.680. The lowest BCUT2D eigenvalue weighted by Gasteiger charge is -2.13. The van der Waals surface area contributed by atoms with Crippen molar-refractivity contribution >= 4 is 43.6 Å². The second kappa shape index (κ2) is 11.9. The number of benzene rings is 7. The van der Waals surface area contributed by atoms with Gasteiger partial charge in [-0.15, -0.1) is 0 Å². The van der Waals surface area contributed by atoms with Crippen molar-refractivity contribution in [3.8, 4) is 56.3 Å². The Hall–Kier alpha value is -6.91. The van der Waals surface area contributed by atoms with Crippen LogP contribution in [0.25, 0.3) is 99.9 Å². The minimum Gasteiger partial charge on any atom is -0.455 e. The molecule has 0 atom stereocenters. The smallest absolute Gasteiger partial charge is 0.160 e. The van der Waals surface area contributed by atoms with Crippen LogP contribution in [-0.4, -0.2) is 15.0 Å². The molecule has 0 fully saturated rings. The fourth-order valence-electron chi connectivity index (χ4n) is 7.18. The molecule has 51 heavy (non-hydrogen) atoms. The van der Waals surface area contributed by atoms with E-state index in [1.807, 2.05) is 42.5 Å². The van der Waals surface area contributed by atoms with Crippen LogP contribution in [-0.2, 0) is 0 Å². The molecule has 3 heterocycles. The summed E-state index contributed by atoms with van der Waals surface area (Å²) in [7, 11) is 0. The van der Waals surface area contributed by atoms with Crippen molar-refractivity contribution in [2.24, 2.45) is 0 Å². The predicted octanol–water partition coefficient (Wildman–Crippen LogP) is 12.4. The highest BCUT2D eigenvalue weighted by Crippen LogP contribution is 2.41. The molecule has 0 bridgehead atoms. The molecule has 0 amide bonds. The molecule has 238 valence electrons. The van der Waals surface area contributed by atoms with Gasteiger partial charge in [0.15, 0.2) is 5.82 Å². The molecule has 0 spiro atoms. The Kier molecular flexibility index (Phi) is 6.78. The van der Waals surface area contributed by atoms with Crippen molar-refractivity contribution in [1.29, 1.82) is 0 Å². The Morgan fingerprint density at radius 3 is 1.75 bits per heavy atom. The van der Waals surface area contributed by atoms with Crippen LogP contribution >= 0.6 is 0 Å². The SMILES string of the molecule is c1ccc(-c2ccc(-c3cc(-c4cccc(-c5nc6ccccc6c6ccc7c8ccccc8oc7c56)c4)nc(-c4ccccc4)n3)cc2)cc1. The number of furan rings is 1. The Bertz CT molecular complexity index is 2900. The summed E-state index contributed by atoms with van der Waals surface area (Å²) in [5, 5.41) is 5.40. The summed E-state index contributed by atoms with van der Waals surface area (Å²) in [5.74, 6) is 0.680. The molecule has 0 N–H and O–H groups in total. The highest BCUT2D eigenvalue weighted by Gasteiger charge is 2.19. The first kappa shape index (κ1) is 29.0. The molecule has 0 aliphatic heterocycles. The number of hydrogen-bond acceptors (Lipinski definition) is 4. The van der Waals surface area contributed by atoms with Crippen molar-refractivity contribution in [2.45, 2.75) is 0 Å². The minimum atomic E-state index is 0.680. The number of nitrogens with zero attached hydrogens (tertiary/aromatic N) is 3. The normalized spacial score (nSPS) is 11.5. The van der Waals surface area contributed by atoms with Gasteiger partial charge in [-0.05, 0) is 46.8 Å². The third-order valence-electron chi connectivity index (χ3n) is 9.69. The number of hydrogen-bond donors (Lipinski definition) is 0. The first-order chi connectivity index (χ1) is 25.3. The van der Waals surface area contributed by atoms with Crippen LogP contribution < -0.4 is 0 Å². The van der Waals surface area contributed by atoms with E-state index in [0.29, 0.717) is 5.82 Å². The number of para-hydroxylation sites is 2. The predicted molar refractivity (Wildman–Crippen MR) is 209 cm³/mol. The number of fused-ring (bicyclic) bond motifs is 7. The van der Waals surface area contributed by atoms with Gasteiger partial charge in [0.25, 0.3) is 0 Å². The number of rotatable bonds is 5. The standard InChI is InChI=1S/C47H29N3O/c1-3-12-30(13-4-1)31-22-24-32(25-23-31)41-29-42(50-47(49-41)33-14-5-2-6-15-33)34-16-11-17-35(28-34)45-44-38(36-18-7-9-20-40(36)48-45)26-27-39-37-19-8-10-21-43(37)51-46(39)44/h1-29H. The lowest BCUT2D eigenvalue weighted by Crippen LogP contribution is -1.96. The van der Waals surface area contributed by atoms with Crippen LogP contribution in [0.3, 0.4) is 0 Å². The highest BCUT2D eigenvalue weighted by molar-refractivity contribution is 6.23. The summed E-state index contributed by atoms with van der Waals surface area (Å²) in [6.45, 7) is 0. The third-order valence-corrected chi connectivity index (χ3v) is 9.69. The van der Waals surface area contributed by atoms with E-state index in [9.17, 15) is 0 Å². The van der Waals surface area contributed by atoms with Crippen molar-refractivity contribution in [3.05, 3.63) is 176 Å². The molecule has 4 heteroatoms. The van der Waals surface area contributed by atoms with Gasteiger partial charge >= 0.3 is 0 Å². The molecule has 10 rings (SSSR count). The summed E-state index contributed by atoms with van der Waals surface area (Å²) < 4.78 is 6.60. The quantitative estimate of drug-likeness (QED) is 0.174. The van der Waals surface area contributed by atoms with E-state index in [1.165, 1.54) is 11.1 Å². The second-order valence-corrected chi connectivity index (χ2v) is 12.8. The van der Waals surface area contributed by atoms with E-state index in [1.54, 1.807) is 0 Å². The molecule has 0 unspecified atom stereocenters. The first-order valence-electron chi connectivity index (χ1n) is 17.1. The van der Waals surface area contributed by atoms with E-state index < -0.39 is 0 Å². The summed E-state index contributed by atoms with van der Waals surface area (Å²) in [5.41, 5.74) is 11.6. The summed E-state index contributed by atoms with van der Waals surface area (Å²) >= 11 is 0. The fraction of sp³-hybridized carbons (Fsp3) is 0. The molecule has 0 saturated heterocycles. The second-order valence-electron chi connectivity index (χ2n) is 12.8. The fourth-order valence-corrected chi connectivity index (χ4v) is 7.18. The number of pyridine rings is 1. The third kappa shape index (κ3) is 5.04. The summed E-state index contributed by atoms with van der Waals surface area (Å²) in [4.78, 5) is 15.5. The summed E-state index contributed by atoms with van der Waals surface area (Å²) in [6.07, 6.45) is 0. The monoisotopic (exact) mass is 651 g/mol. The topological polar surface area (TPSA) is 51.8 Å². The molecule has 7 aromatic carbocycles. The zero-order valence-corrected chi connectivity index (χ0v) is 27.5. The summed E-state index contributed by atoms with van der Waals surface area (Å²) in [6, 6.07) is 60.8. The highest BCUT2D eigenvalue weighted by atomic mass is 16.3. The molecule has 0 saturated carbocycles. The van der Waals surface area contributed by atoms with Gasteiger partial charge in [0.1, 0.15) is 11.2 Å². The van der Waals surface area contributed by atoms with Crippen molar-refractivity contribution in [1.82, 2.24) is 15.0 Å². The van der Waals surface area contributed by atoms with Gasteiger partial charge in [0.05, 0.1) is 28.0 Å². The zero-order chi connectivity index (χ0) is 33.7. The van der Waals surface area contributed by atoms with Crippen LogP contribution in [0.1, 0.15) is 0 Å². The van der Waals surface area contributed by atoms with E-state index in [2.05, 4.69) is 133 Å². The van der Waals surface area contributed by atoms with Crippen LogP contribution in [0.4, 0.5) is 0 Å². The Balaban J connectivity index is 1.16. The van der Waals surface area contributed by atoms with E-state index in [0.717, 1.165) is 82.9 Å².